The normalized spacial score (nSPS) is 21.9. The SMILES string of the molecule is CC1(C)CN(c2nccc(Nc3cc4c(C5CC5)ccc(N5CC(CS(C)(=O)=O)C5)c4cn3)n2)CC[C@H]1O. The van der Waals surface area contributed by atoms with E-state index < -0.39 is 9.84 Å². The van der Waals surface area contributed by atoms with Crippen LogP contribution in [-0.4, -0.2) is 72.8 Å². The van der Waals surface area contributed by atoms with Crippen molar-refractivity contribution in [1.29, 1.82) is 0 Å². The van der Waals surface area contributed by atoms with Crippen molar-refractivity contribution in [2.75, 3.05) is 53.3 Å². The average molecular weight is 537 g/mol. The quantitative estimate of drug-likeness (QED) is 0.467. The first-order valence-electron chi connectivity index (χ1n) is 13.4. The molecule has 2 aliphatic heterocycles. The summed E-state index contributed by atoms with van der Waals surface area (Å²) < 4.78 is 23.4. The molecule has 3 fully saturated rings. The summed E-state index contributed by atoms with van der Waals surface area (Å²) in [6.45, 7) is 7.06. The molecule has 2 N–H and O–H groups in total. The van der Waals surface area contributed by atoms with Gasteiger partial charge in [-0.2, -0.15) is 4.98 Å². The number of aliphatic hydroxyl groups excluding tert-OH is 1. The van der Waals surface area contributed by atoms with E-state index in [1.807, 2.05) is 12.3 Å². The van der Waals surface area contributed by atoms with Gasteiger partial charge >= 0.3 is 0 Å². The van der Waals surface area contributed by atoms with E-state index in [2.05, 4.69) is 52.1 Å². The van der Waals surface area contributed by atoms with E-state index in [-0.39, 0.29) is 23.2 Å². The van der Waals surface area contributed by atoms with E-state index in [4.69, 9.17) is 9.97 Å². The number of nitrogens with zero attached hydrogens (tertiary/aromatic N) is 5. The third-order valence-corrected chi connectivity index (χ3v) is 9.20. The average Bonchev–Trinajstić information content (AvgIpc) is 3.67. The molecule has 1 atom stereocenters. The maximum Gasteiger partial charge on any atom is 0.227 e. The predicted octanol–water partition coefficient (Wildman–Crippen LogP) is 3.72. The van der Waals surface area contributed by atoms with Crippen molar-refractivity contribution in [3.05, 3.63) is 42.2 Å². The fourth-order valence-electron chi connectivity index (χ4n) is 5.86. The topological polar surface area (TPSA) is 112 Å². The molecular weight excluding hydrogens is 500 g/mol. The zero-order valence-electron chi connectivity index (χ0n) is 22.3. The lowest BCUT2D eigenvalue weighted by molar-refractivity contribution is 0.0332. The molecule has 4 heterocycles. The summed E-state index contributed by atoms with van der Waals surface area (Å²) in [4.78, 5) is 18.4. The van der Waals surface area contributed by atoms with Crippen LogP contribution < -0.4 is 15.1 Å². The van der Waals surface area contributed by atoms with Crippen LogP contribution in [0.15, 0.2) is 36.7 Å². The molecule has 6 rings (SSSR count). The van der Waals surface area contributed by atoms with Crippen LogP contribution in [-0.2, 0) is 9.84 Å². The molecule has 0 spiro atoms. The number of rotatable bonds is 7. The largest absolute Gasteiger partial charge is 0.392 e. The lowest BCUT2D eigenvalue weighted by atomic mass is 9.81. The molecule has 38 heavy (non-hydrogen) atoms. The fourth-order valence-corrected chi connectivity index (χ4v) is 6.93. The molecule has 1 aliphatic carbocycles. The molecule has 2 aromatic heterocycles. The Morgan fingerprint density at radius 2 is 1.84 bits per heavy atom. The Morgan fingerprint density at radius 1 is 1.05 bits per heavy atom. The van der Waals surface area contributed by atoms with Gasteiger partial charge in [-0.1, -0.05) is 19.9 Å². The fraction of sp³-hybridized carbons (Fsp3) is 0.536. The number of sulfone groups is 1. The van der Waals surface area contributed by atoms with Gasteiger partial charge in [-0.05, 0) is 54.3 Å². The number of hydrogen-bond donors (Lipinski definition) is 2. The van der Waals surface area contributed by atoms with Crippen LogP contribution in [0.2, 0.25) is 0 Å². The van der Waals surface area contributed by atoms with Crippen molar-refractivity contribution in [3.63, 3.8) is 0 Å². The number of benzene rings is 1. The molecule has 9 nitrogen and oxygen atoms in total. The molecule has 0 unspecified atom stereocenters. The summed E-state index contributed by atoms with van der Waals surface area (Å²) >= 11 is 0. The third kappa shape index (κ3) is 5.16. The van der Waals surface area contributed by atoms with E-state index in [0.29, 0.717) is 30.6 Å². The Morgan fingerprint density at radius 3 is 2.55 bits per heavy atom. The minimum atomic E-state index is -2.97. The van der Waals surface area contributed by atoms with Gasteiger partial charge in [-0.15, -0.1) is 0 Å². The summed E-state index contributed by atoms with van der Waals surface area (Å²) in [6, 6.07) is 8.37. The Kier molecular flexibility index (Phi) is 6.22. The molecule has 1 aromatic carbocycles. The van der Waals surface area contributed by atoms with E-state index >= 15 is 0 Å². The number of nitrogens with one attached hydrogen (secondary N) is 1. The van der Waals surface area contributed by atoms with Crippen molar-refractivity contribution in [3.8, 4) is 0 Å². The third-order valence-electron chi connectivity index (χ3n) is 8.12. The van der Waals surface area contributed by atoms with Crippen molar-refractivity contribution < 1.29 is 13.5 Å². The molecule has 0 bridgehead atoms. The van der Waals surface area contributed by atoms with Crippen LogP contribution >= 0.6 is 0 Å². The number of piperidine rings is 1. The highest BCUT2D eigenvalue weighted by molar-refractivity contribution is 7.90. The lowest BCUT2D eigenvalue weighted by Crippen LogP contribution is -2.49. The van der Waals surface area contributed by atoms with Crippen LogP contribution in [0.5, 0.6) is 0 Å². The Labute approximate surface area is 224 Å². The number of pyridine rings is 1. The van der Waals surface area contributed by atoms with Gasteiger partial charge in [-0.3, -0.25) is 0 Å². The molecule has 3 aliphatic rings. The minimum absolute atomic E-state index is 0.178. The molecule has 202 valence electrons. The molecule has 3 aromatic rings. The highest BCUT2D eigenvalue weighted by atomic mass is 32.2. The van der Waals surface area contributed by atoms with Crippen molar-refractivity contribution in [1.82, 2.24) is 15.0 Å². The van der Waals surface area contributed by atoms with E-state index in [1.165, 1.54) is 30.0 Å². The van der Waals surface area contributed by atoms with E-state index in [0.717, 1.165) is 36.5 Å². The summed E-state index contributed by atoms with van der Waals surface area (Å²) in [5, 5.41) is 16.0. The number of aromatic nitrogens is 3. The number of fused-ring (bicyclic) bond motifs is 1. The Balaban J connectivity index is 1.25. The zero-order valence-corrected chi connectivity index (χ0v) is 23.1. The first kappa shape index (κ1) is 25.3. The first-order chi connectivity index (χ1) is 18.1. The van der Waals surface area contributed by atoms with Gasteiger partial charge in [0.05, 0.1) is 11.9 Å². The second kappa shape index (κ2) is 9.34. The van der Waals surface area contributed by atoms with Crippen LogP contribution in [0, 0.1) is 11.3 Å². The van der Waals surface area contributed by atoms with Crippen LogP contribution in [0.1, 0.15) is 44.6 Å². The maximum atomic E-state index is 11.7. The molecular formula is C28H36N6O3S. The summed E-state index contributed by atoms with van der Waals surface area (Å²) in [6.07, 6.45) is 7.78. The summed E-state index contributed by atoms with van der Waals surface area (Å²) in [5.41, 5.74) is 2.25. The number of anilines is 4. The second-order valence-electron chi connectivity index (χ2n) is 12.0. The highest BCUT2D eigenvalue weighted by Gasteiger charge is 2.36. The van der Waals surface area contributed by atoms with Gasteiger partial charge in [0.25, 0.3) is 0 Å². The Hall–Kier alpha value is -2.98. The smallest absolute Gasteiger partial charge is 0.227 e. The van der Waals surface area contributed by atoms with E-state index in [1.54, 1.807) is 6.20 Å². The molecule has 0 amide bonds. The maximum absolute atomic E-state index is 11.7. The van der Waals surface area contributed by atoms with Gasteiger partial charge in [0.15, 0.2) is 0 Å². The zero-order chi connectivity index (χ0) is 26.7. The van der Waals surface area contributed by atoms with Gasteiger partial charge in [0, 0.05) is 67.2 Å². The standard InChI is InChI=1S/C28H36N6O3S/c1-28(2)17-33(11-9-24(28)35)27-29-10-8-25(32-27)31-26-12-21-20(19-4-5-19)6-7-23(22(21)13-30-26)34-14-18(15-34)16-38(3,36)37/h6-8,10,12-13,18-19,24,35H,4-5,9,11,14-17H2,1-3H3,(H,29,30,31,32)/t24-/m1/s1. The Bertz CT molecular complexity index is 1470. The lowest BCUT2D eigenvalue weighted by Gasteiger charge is -2.41. The predicted molar refractivity (Wildman–Crippen MR) is 151 cm³/mol. The number of aliphatic hydroxyl groups is 1. The summed E-state index contributed by atoms with van der Waals surface area (Å²) in [7, 11) is -2.97. The molecule has 1 saturated carbocycles. The van der Waals surface area contributed by atoms with E-state index in [9.17, 15) is 13.5 Å². The minimum Gasteiger partial charge on any atom is -0.392 e. The van der Waals surface area contributed by atoms with Crippen LogP contribution in [0.4, 0.5) is 23.3 Å². The number of hydrogen-bond acceptors (Lipinski definition) is 9. The molecule has 2 saturated heterocycles. The van der Waals surface area contributed by atoms with Gasteiger partial charge < -0.3 is 20.2 Å². The van der Waals surface area contributed by atoms with Crippen molar-refractivity contribution in [2.45, 2.75) is 45.1 Å². The van der Waals surface area contributed by atoms with Gasteiger partial charge in [-0.25, -0.2) is 18.4 Å². The first-order valence-corrected chi connectivity index (χ1v) is 15.5. The van der Waals surface area contributed by atoms with Crippen LogP contribution in [0.25, 0.3) is 10.8 Å². The monoisotopic (exact) mass is 536 g/mol. The van der Waals surface area contributed by atoms with Crippen LogP contribution in [0.3, 0.4) is 0 Å². The molecule has 0 radical (unpaired) electrons. The highest BCUT2D eigenvalue weighted by Crippen LogP contribution is 2.46. The van der Waals surface area contributed by atoms with Crippen molar-refractivity contribution >= 4 is 43.9 Å². The van der Waals surface area contributed by atoms with Crippen molar-refractivity contribution in [2.24, 2.45) is 11.3 Å². The molecule has 10 heteroatoms. The summed E-state index contributed by atoms with van der Waals surface area (Å²) in [5.74, 6) is 3.07. The second-order valence-corrected chi connectivity index (χ2v) is 14.2. The van der Waals surface area contributed by atoms with Gasteiger partial charge in [0.1, 0.15) is 21.5 Å². The van der Waals surface area contributed by atoms with Gasteiger partial charge in [0.2, 0.25) is 5.95 Å².